The van der Waals surface area contributed by atoms with Crippen LogP contribution in [0.5, 0.6) is 0 Å². The Morgan fingerprint density at radius 2 is 1.68 bits per heavy atom. The highest BCUT2D eigenvalue weighted by atomic mass is 35.5. The molecular weight excluding hydrogens is 614 g/mol. The summed E-state index contributed by atoms with van der Waals surface area (Å²) < 4.78 is 62.4. The van der Waals surface area contributed by atoms with Crippen molar-refractivity contribution < 1.29 is 31.9 Å². The number of benzene rings is 4. The first kappa shape index (κ1) is 31.6. The zero-order valence-corrected chi connectivity index (χ0v) is 25.6. The predicted octanol–water partition coefficient (Wildman–Crippen LogP) is 10.3. The molecule has 1 heterocycles. The van der Waals surface area contributed by atoms with E-state index in [1.165, 1.54) is 24.1 Å². The molecule has 0 aliphatic carbocycles. The number of fused-ring (bicyclic) bond motifs is 1. The number of carbonyl (C=O) groups is 1. The highest BCUT2D eigenvalue weighted by molar-refractivity contribution is 7.97. The van der Waals surface area contributed by atoms with Crippen molar-refractivity contribution in [1.82, 2.24) is 4.31 Å². The number of halogens is 5. The highest BCUT2D eigenvalue weighted by Gasteiger charge is 2.35. The Hall–Kier alpha value is -3.79. The van der Waals surface area contributed by atoms with Crippen LogP contribution in [0.1, 0.15) is 42.1 Å². The number of carboxylic acid groups (broad SMARTS) is 1. The molecule has 4 nitrogen and oxygen atoms in total. The van der Waals surface area contributed by atoms with Gasteiger partial charge in [0.2, 0.25) is 5.76 Å². The van der Waals surface area contributed by atoms with Gasteiger partial charge in [-0.2, -0.15) is 13.2 Å². The van der Waals surface area contributed by atoms with Crippen LogP contribution in [0.4, 0.5) is 17.6 Å². The second-order valence-corrected chi connectivity index (χ2v) is 12.5. The molecule has 1 N–H and O–H groups in total. The monoisotopic (exact) mass is 641 g/mol. The van der Waals surface area contributed by atoms with Gasteiger partial charge in [-0.05, 0) is 90.0 Å². The molecule has 228 valence electrons. The van der Waals surface area contributed by atoms with Crippen molar-refractivity contribution in [2.75, 3.05) is 0 Å². The van der Waals surface area contributed by atoms with E-state index in [0.29, 0.717) is 16.7 Å². The molecule has 0 spiro atoms. The van der Waals surface area contributed by atoms with Gasteiger partial charge < -0.3 is 9.52 Å². The van der Waals surface area contributed by atoms with Gasteiger partial charge in [-0.25, -0.2) is 8.70 Å². The first-order chi connectivity index (χ1) is 20.7. The summed E-state index contributed by atoms with van der Waals surface area (Å²) >= 11 is 7.95. The number of rotatable bonds is 9. The average Bonchev–Trinajstić information content (AvgIpc) is 3.45. The van der Waals surface area contributed by atoms with E-state index in [2.05, 4.69) is 0 Å². The number of alkyl halides is 3. The van der Waals surface area contributed by atoms with Crippen molar-refractivity contribution in [3.05, 3.63) is 124 Å². The molecule has 0 aliphatic heterocycles. The summed E-state index contributed by atoms with van der Waals surface area (Å²) in [7, 11) is 0. The average molecular weight is 642 g/mol. The maximum atomic E-state index is 15.8. The van der Waals surface area contributed by atoms with Crippen LogP contribution in [-0.4, -0.2) is 15.4 Å². The lowest BCUT2D eigenvalue weighted by atomic mass is 9.83. The van der Waals surface area contributed by atoms with E-state index in [0.717, 1.165) is 27.3 Å². The molecule has 0 unspecified atom stereocenters. The second-order valence-electron chi connectivity index (χ2n) is 11.0. The number of carboxylic acids is 1. The van der Waals surface area contributed by atoms with Gasteiger partial charge in [-0.3, -0.25) is 4.79 Å². The van der Waals surface area contributed by atoms with Crippen LogP contribution in [0.25, 0.3) is 21.9 Å². The Labute approximate surface area is 261 Å². The Kier molecular flexibility index (Phi) is 8.84. The van der Waals surface area contributed by atoms with E-state index < -0.39 is 29.1 Å². The maximum absolute atomic E-state index is 15.8. The minimum absolute atomic E-state index is 0.0492. The predicted molar refractivity (Wildman–Crippen MR) is 165 cm³/mol. The van der Waals surface area contributed by atoms with Crippen LogP contribution >= 0.6 is 23.5 Å². The molecule has 0 radical (unpaired) electrons. The van der Waals surface area contributed by atoms with E-state index >= 15 is 4.39 Å². The first-order valence-corrected chi connectivity index (χ1v) is 14.8. The highest BCUT2D eigenvalue weighted by Crippen LogP contribution is 2.39. The number of furan rings is 1. The van der Waals surface area contributed by atoms with E-state index in [1.54, 1.807) is 48.5 Å². The molecule has 0 aliphatic rings. The first-order valence-electron chi connectivity index (χ1n) is 13.6. The maximum Gasteiger partial charge on any atom is 0.449 e. The molecule has 0 fully saturated rings. The van der Waals surface area contributed by atoms with Crippen LogP contribution in [0, 0.1) is 12.7 Å². The number of nitrogens with zero attached hydrogens (tertiary/aromatic N) is 1. The number of aliphatic carboxylic acids is 1. The van der Waals surface area contributed by atoms with Gasteiger partial charge in [-0.1, -0.05) is 72.3 Å². The SMILES string of the molecule is Cc1ccc2ccccc2c1SN(Cc1ccc(C(F)(F)F)o1)Cc1c(F)cc(-c2cccc(C(C)(C)C(=O)O)c2)cc1Cl. The van der Waals surface area contributed by atoms with Gasteiger partial charge >= 0.3 is 12.1 Å². The molecule has 0 saturated carbocycles. The molecule has 5 rings (SSSR count). The van der Waals surface area contributed by atoms with Crippen molar-refractivity contribution in [3.63, 3.8) is 0 Å². The lowest BCUT2D eigenvalue weighted by molar-refractivity contribution is -0.153. The van der Waals surface area contributed by atoms with Crippen molar-refractivity contribution in [2.45, 2.75) is 50.3 Å². The summed E-state index contributed by atoms with van der Waals surface area (Å²) in [6.07, 6.45) is -4.63. The van der Waals surface area contributed by atoms with Crippen LogP contribution in [0.15, 0.2) is 94.2 Å². The minimum atomic E-state index is -4.63. The third kappa shape index (κ3) is 6.65. The van der Waals surface area contributed by atoms with E-state index in [-0.39, 0.29) is 29.4 Å². The molecule has 5 aromatic rings. The van der Waals surface area contributed by atoms with Gasteiger partial charge in [0.25, 0.3) is 0 Å². The third-order valence-electron chi connectivity index (χ3n) is 7.50. The van der Waals surface area contributed by atoms with Crippen molar-refractivity contribution in [3.8, 4) is 11.1 Å². The fraction of sp³-hybridized carbons (Fsp3) is 0.206. The quantitative estimate of drug-likeness (QED) is 0.128. The van der Waals surface area contributed by atoms with Crippen molar-refractivity contribution in [1.29, 1.82) is 0 Å². The topological polar surface area (TPSA) is 53.7 Å². The second kappa shape index (κ2) is 12.3. The van der Waals surface area contributed by atoms with E-state index in [4.69, 9.17) is 16.0 Å². The molecule has 44 heavy (non-hydrogen) atoms. The van der Waals surface area contributed by atoms with Gasteiger partial charge in [0.15, 0.2) is 0 Å². The Balaban J connectivity index is 1.51. The zero-order chi connectivity index (χ0) is 31.8. The summed E-state index contributed by atoms with van der Waals surface area (Å²) in [6.45, 7) is 5.00. The third-order valence-corrected chi connectivity index (χ3v) is 9.08. The van der Waals surface area contributed by atoms with E-state index in [1.807, 2.05) is 43.3 Å². The summed E-state index contributed by atoms with van der Waals surface area (Å²) in [4.78, 5) is 12.7. The van der Waals surface area contributed by atoms with E-state index in [9.17, 15) is 23.1 Å². The van der Waals surface area contributed by atoms with Gasteiger partial charge in [0.05, 0.1) is 12.0 Å². The Morgan fingerprint density at radius 1 is 0.932 bits per heavy atom. The summed E-state index contributed by atoms with van der Waals surface area (Å²) in [5.74, 6) is -2.65. The molecule has 0 saturated heterocycles. The number of aryl methyl sites for hydroxylation is 1. The Bertz CT molecular complexity index is 1830. The number of hydrogen-bond donors (Lipinski definition) is 1. The minimum Gasteiger partial charge on any atom is -0.481 e. The van der Waals surface area contributed by atoms with Gasteiger partial charge in [0.1, 0.15) is 11.6 Å². The normalized spacial score (nSPS) is 12.3. The molecule has 0 atom stereocenters. The van der Waals surface area contributed by atoms with Crippen LogP contribution in [0.2, 0.25) is 5.02 Å². The fourth-order valence-electron chi connectivity index (χ4n) is 4.82. The van der Waals surface area contributed by atoms with Crippen molar-refractivity contribution >= 4 is 40.3 Å². The van der Waals surface area contributed by atoms with Crippen LogP contribution in [0.3, 0.4) is 0 Å². The van der Waals surface area contributed by atoms with Gasteiger partial charge in [0, 0.05) is 22.0 Å². The lowest BCUT2D eigenvalue weighted by Gasteiger charge is -2.23. The standard InChI is InChI=1S/C34H28ClF4NO3S/c1-20-11-12-21-7-4-5-10-26(21)31(20)44-40(18-25-13-14-30(43-25)34(37,38)39)19-27-28(35)16-23(17-29(27)36)22-8-6-9-24(15-22)33(2,3)32(41)42/h4-17H,18-19H2,1-3H3,(H,41,42). The number of hydrogen-bond acceptors (Lipinski definition) is 4. The molecule has 1 aromatic heterocycles. The smallest absolute Gasteiger partial charge is 0.449 e. The summed E-state index contributed by atoms with van der Waals surface area (Å²) in [6, 6.07) is 23.6. The molecule has 0 bridgehead atoms. The van der Waals surface area contributed by atoms with Crippen LogP contribution < -0.4 is 0 Å². The molecular formula is C34H28ClF4NO3S. The molecule has 10 heteroatoms. The zero-order valence-electron chi connectivity index (χ0n) is 24.0. The van der Waals surface area contributed by atoms with Gasteiger partial charge in [-0.15, -0.1) is 0 Å². The van der Waals surface area contributed by atoms with Crippen molar-refractivity contribution in [2.24, 2.45) is 0 Å². The lowest BCUT2D eigenvalue weighted by Crippen LogP contribution is -2.28. The molecule has 0 amide bonds. The molecule has 4 aromatic carbocycles. The summed E-state index contributed by atoms with van der Waals surface area (Å²) in [5.41, 5.74) is 1.55. The van der Waals surface area contributed by atoms with Crippen LogP contribution in [-0.2, 0) is 29.5 Å². The summed E-state index contributed by atoms with van der Waals surface area (Å²) in [5, 5.41) is 11.7. The largest absolute Gasteiger partial charge is 0.481 e. The Morgan fingerprint density at radius 3 is 2.36 bits per heavy atom. The fourth-order valence-corrected chi connectivity index (χ4v) is 6.23.